The zero-order valence-electron chi connectivity index (χ0n) is 7.99. The van der Waals surface area contributed by atoms with Crippen molar-refractivity contribution in [2.45, 2.75) is 18.7 Å². The predicted octanol–water partition coefficient (Wildman–Crippen LogP) is 2.79. The summed E-state index contributed by atoms with van der Waals surface area (Å²) in [5.41, 5.74) is 2.78. The molecule has 0 bridgehead atoms. The van der Waals surface area contributed by atoms with E-state index in [4.69, 9.17) is 11.6 Å². The van der Waals surface area contributed by atoms with Gasteiger partial charge in [-0.15, -0.1) is 0 Å². The smallest absolute Gasteiger partial charge is 0.200 e. The lowest BCUT2D eigenvalue weighted by molar-refractivity contribution is 0.604. The lowest BCUT2D eigenvalue weighted by Gasteiger charge is -2.04. The van der Waals surface area contributed by atoms with Gasteiger partial charge in [-0.2, -0.15) is 0 Å². The van der Waals surface area contributed by atoms with Crippen molar-refractivity contribution in [3.8, 4) is 0 Å². The molecule has 0 aliphatic heterocycles. The fourth-order valence-corrected chi connectivity index (χ4v) is 2.71. The normalized spacial score (nSPS) is 12.2. The van der Waals surface area contributed by atoms with E-state index in [1.54, 1.807) is 19.1 Å². The molecule has 0 aliphatic carbocycles. The van der Waals surface area contributed by atoms with Crippen molar-refractivity contribution in [1.82, 2.24) is 0 Å². The minimum Gasteiger partial charge on any atom is -0.219 e. The topological polar surface area (TPSA) is 34.1 Å². The SMILES string of the molecule is Cc1ccc(S(=O)(=O)C=CCl)c(C)c1. The molecule has 1 rings (SSSR count). The van der Waals surface area contributed by atoms with Crippen LogP contribution in [0.25, 0.3) is 0 Å². The van der Waals surface area contributed by atoms with Gasteiger partial charge in [0.05, 0.1) is 4.90 Å². The van der Waals surface area contributed by atoms with Crippen LogP contribution in [0.3, 0.4) is 0 Å². The average molecular weight is 231 g/mol. The molecule has 0 aromatic heterocycles. The highest BCUT2D eigenvalue weighted by molar-refractivity contribution is 7.94. The summed E-state index contributed by atoms with van der Waals surface area (Å²) in [7, 11) is -3.37. The maximum atomic E-state index is 11.6. The largest absolute Gasteiger partial charge is 0.219 e. The van der Waals surface area contributed by atoms with Crippen LogP contribution in [0.2, 0.25) is 0 Å². The molecule has 0 radical (unpaired) electrons. The van der Waals surface area contributed by atoms with Crippen molar-refractivity contribution < 1.29 is 8.42 Å². The first-order valence-corrected chi connectivity index (χ1v) is 6.05. The Balaban J connectivity index is 3.34. The number of hydrogen-bond donors (Lipinski definition) is 0. The first-order chi connectivity index (χ1) is 6.47. The summed E-state index contributed by atoms with van der Waals surface area (Å²) in [4.78, 5) is 0.306. The molecule has 0 N–H and O–H groups in total. The van der Waals surface area contributed by atoms with Crippen molar-refractivity contribution in [3.05, 3.63) is 40.3 Å². The number of halogens is 1. The predicted molar refractivity (Wildman–Crippen MR) is 58.1 cm³/mol. The first kappa shape index (κ1) is 11.3. The van der Waals surface area contributed by atoms with Crippen LogP contribution in [0.5, 0.6) is 0 Å². The number of aryl methyl sites for hydroxylation is 2. The van der Waals surface area contributed by atoms with Gasteiger partial charge in [0.15, 0.2) is 0 Å². The summed E-state index contributed by atoms with van der Waals surface area (Å²) in [6.07, 6.45) is 0. The Morgan fingerprint density at radius 2 is 1.93 bits per heavy atom. The quantitative estimate of drug-likeness (QED) is 0.783. The van der Waals surface area contributed by atoms with Gasteiger partial charge >= 0.3 is 0 Å². The van der Waals surface area contributed by atoms with Gasteiger partial charge in [-0.3, -0.25) is 0 Å². The van der Waals surface area contributed by atoms with E-state index in [1.165, 1.54) is 0 Å². The molecular formula is C10H11ClO2S. The maximum Gasteiger partial charge on any atom is 0.200 e. The van der Waals surface area contributed by atoms with Gasteiger partial charge in [0.1, 0.15) is 0 Å². The van der Waals surface area contributed by atoms with Crippen molar-refractivity contribution in [2.24, 2.45) is 0 Å². The van der Waals surface area contributed by atoms with Gasteiger partial charge in [-0.25, -0.2) is 8.42 Å². The second-order valence-corrected chi connectivity index (χ2v) is 5.13. The molecule has 14 heavy (non-hydrogen) atoms. The highest BCUT2D eigenvalue weighted by atomic mass is 35.5. The summed E-state index contributed by atoms with van der Waals surface area (Å²) < 4.78 is 23.2. The summed E-state index contributed by atoms with van der Waals surface area (Å²) in [6.45, 7) is 3.68. The second-order valence-electron chi connectivity index (χ2n) is 3.08. The van der Waals surface area contributed by atoms with E-state index in [0.717, 1.165) is 22.1 Å². The van der Waals surface area contributed by atoms with E-state index < -0.39 is 9.84 Å². The van der Waals surface area contributed by atoms with Gasteiger partial charge in [0.2, 0.25) is 9.84 Å². The Bertz CT molecular complexity index is 461. The van der Waals surface area contributed by atoms with E-state index in [-0.39, 0.29) is 0 Å². The van der Waals surface area contributed by atoms with Crippen molar-refractivity contribution in [3.63, 3.8) is 0 Å². The number of hydrogen-bond acceptors (Lipinski definition) is 2. The molecule has 0 spiro atoms. The third kappa shape index (κ3) is 2.36. The van der Waals surface area contributed by atoms with Crippen LogP contribution in [0.4, 0.5) is 0 Å². The molecule has 1 aromatic rings. The molecule has 1 aromatic carbocycles. The molecule has 0 amide bonds. The molecule has 0 heterocycles. The second kappa shape index (κ2) is 4.15. The number of rotatable bonds is 2. The van der Waals surface area contributed by atoms with E-state index >= 15 is 0 Å². The molecular weight excluding hydrogens is 220 g/mol. The van der Waals surface area contributed by atoms with Gasteiger partial charge in [-0.1, -0.05) is 29.3 Å². The fourth-order valence-electron chi connectivity index (χ4n) is 1.26. The first-order valence-electron chi connectivity index (χ1n) is 4.06. The van der Waals surface area contributed by atoms with Crippen LogP contribution >= 0.6 is 11.6 Å². The van der Waals surface area contributed by atoms with E-state index in [9.17, 15) is 8.42 Å². The van der Waals surface area contributed by atoms with Crippen LogP contribution in [-0.4, -0.2) is 8.42 Å². The minimum absolute atomic E-state index is 0.306. The number of benzene rings is 1. The monoisotopic (exact) mass is 230 g/mol. The summed E-state index contributed by atoms with van der Waals surface area (Å²) in [5, 5.41) is 0.992. The molecule has 0 fully saturated rings. The van der Waals surface area contributed by atoms with Crippen molar-refractivity contribution in [1.29, 1.82) is 0 Å². The lowest BCUT2D eigenvalue weighted by atomic mass is 10.2. The summed E-state index contributed by atoms with van der Waals surface area (Å²) >= 11 is 5.26. The Morgan fingerprint density at radius 1 is 1.29 bits per heavy atom. The van der Waals surface area contributed by atoms with Gasteiger partial charge in [0.25, 0.3) is 0 Å². The summed E-state index contributed by atoms with van der Waals surface area (Å²) in [6, 6.07) is 5.19. The Kier molecular flexibility index (Phi) is 3.34. The van der Waals surface area contributed by atoms with E-state index in [1.807, 2.05) is 13.0 Å². The molecule has 0 saturated heterocycles. The zero-order valence-corrected chi connectivity index (χ0v) is 9.56. The third-order valence-corrected chi connectivity index (χ3v) is 3.71. The van der Waals surface area contributed by atoms with E-state index in [2.05, 4.69) is 0 Å². The third-order valence-electron chi connectivity index (χ3n) is 1.87. The lowest BCUT2D eigenvalue weighted by Crippen LogP contribution is -1.98. The highest BCUT2D eigenvalue weighted by Crippen LogP contribution is 2.18. The van der Waals surface area contributed by atoms with Gasteiger partial charge in [0, 0.05) is 10.9 Å². The van der Waals surface area contributed by atoms with Gasteiger partial charge < -0.3 is 0 Å². The van der Waals surface area contributed by atoms with Crippen LogP contribution in [-0.2, 0) is 9.84 Å². The average Bonchev–Trinajstić information content (AvgIpc) is 2.02. The Hall–Kier alpha value is -0.800. The zero-order chi connectivity index (χ0) is 10.8. The molecule has 4 heteroatoms. The minimum atomic E-state index is -3.37. The van der Waals surface area contributed by atoms with Gasteiger partial charge in [-0.05, 0) is 25.5 Å². The highest BCUT2D eigenvalue weighted by Gasteiger charge is 2.12. The molecule has 0 atom stereocenters. The maximum absolute atomic E-state index is 11.6. The molecule has 76 valence electrons. The van der Waals surface area contributed by atoms with E-state index in [0.29, 0.717) is 4.90 Å². The van der Waals surface area contributed by atoms with Crippen LogP contribution < -0.4 is 0 Å². The van der Waals surface area contributed by atoms with Crippen LogP contribution in [0.15, 0.2) is 34.0 Å². The van der Waals surface area contributed by atoms with Crippen LogP contribution in [0, 0.1) is 13.8 Å². The molecule has 0 saturated carbocycles. The molecule has 2 nitrogen and oxygen atoms in total. The molecule has 0 unspecified atom stereocenters. The van der Waals surface area contributed by atoms with Crippen molar-refractivity contribution in [2.75, 3.05) is 0 Å². The summed E-state index contributed by atoms with van der Waals surface area (Å²) in [5.74, 6) is 0. The number of sulfone groups is 1. The van der Waals surface area contributed by atoms with Crippen LogP contribution in [0.1, 0.15) is 11.1 Å². The van der Waals surface area contributed by atoms with Crippen molar-refractivity contribution >= 4 is 21.4 Å². The molecule has 0 aliphatic rings. The Morgan fingerprint density at radius 3 is 2.43 bits per heavy atom. The Labute approximate surface area is 89.1 Å². The standard InChI is InChI=1S/C10H11ClO2S/c1-8-3-4-10(9(2)7-8)14(12,13)6-5-11/h3-7H,1-2H3. The fraction of sp³-hybridized carbons (Fsp3) is 0.200.